The molecule has 0 aliphatic rings. The first-order valence-electron chi connectivity index (χ1n) is 17.1. The Morgan fingerprint density at radius 1 is 0.887 bits per heavy atom. The third-order valence-electron chi connectivity index (χ3n) is 8.16. The van der Waals surface area contributed by atoms with E-state index in [1.807, 2.05) is 19.9 Å². The summed E-state index contributed by atoms with van der Waals surface area (Å²) in [6, 6.07) is 11.2. The molecular formula is C35H46N12O6. The van der Waals surface area contributed by atoms with E-state index in [2.05, 4.69) is 57.2 Å². The topological polar surface area (TPSA) is 275 Å². The maximum absolute atomic E-state index is 13.9. The van der Waals surface area contributed by atoms with Crippen LogP contribution in [-0.4, -0.2) is 102 Å². The molecule has 4 rings (SSSR count). The number of nitrogens with one attached hydrogen (secondary N) is 7. The summed E-state index contributed by atoms with van der Waals surface area (Å²) in [6.07, 6.45) is 1.25. The van der Waals surface area contributed by atoms with Crippen molar-refractivity contribution in [3.8, 4) is 11.4 Å². The van der Waals surface area contributed by atoms with Crippen molar-refractivity contribution in [2.45, 2.75) is 70.8 Å². The van der Waals surface area contributed by atoms with Crippen LogP contribution < -0.4 is 32.3 Å². The number of benzene rings is 2. The molecule has 4 aromatic rings. The summed E-state index contributed by atoms with van der Waals surface area (Å²) in [6.45, 7) is 6.97. The Morgan fingerprint density at radius 3 is 2.28 bits per heavy atom. The lowest BCUT2D eigenvalue weighted by Crippen LogP contribution is -2.60. The molecule has 0 saturated heterocycles. The van der Waals surface area contributed by atoms with Crippen molar-refractivity contribution >= 4 is 35.2 Å². The van der Waals surface area contributed by atoms with Gasteiger partial charge in [-0.2, -0.15) is 5.21 Å². The van der Waals surface area contributed by atoms with E-state index in [0.717, 1.165) is 5.56 Å². The number of rotatable bonds is 18. The van der Waals surface area contributed by atoms with Crippen molar-refractivity contribution in [3.05, 3.63) is 78.4 Å². The predicted octanol–water partition coefficient (Wildman–Crippen LogP) is 0.0457. The number of amides is 5. The van der Waals surface area contributed by atoms with E-state index >= 15 is 0 Å². The molecule has 0 spiro atoms. The van der Waals surface area contributed by atoms with Crippen LogP contribution in [0.4, 0.5) is 5.69 Å². The van der Waals surface area contributed by atoms with E-state index in [1.165, 1.54) is 12.5 Å². The Morgan fingerprint density at radius 2 is 1.64 bits per heavy atom. The first kappa shape index (κ1) is 39.8. The lowest BCUT2D eigenvalue weighted by Gasteiger charge is -2.29. The molecule has 282 valence electrons. The van der Waals surface area contributed by atoms with Gasteiger partial charge in [-0.15, -0.1) is 10.2 Å². The highest BCUT2D eigenvalue weighted by atomic mass is 16.3. The van der Waals surface area contributed by atoms with Gasteiger partial charge in [-0.1, -0.05) is 70.2 Å². The number of aromatic amines is 2. The molecule has 0 radical (unpaired) electrons. The Kier molecular flexibility index (Phi) is 14.3. The van der Waals surface area contributed by atoms with Gasteiger partial charge in [0.25, 0.3) is 11.8 Å². The van der Waals surface area contributed by atoms with Crippen molar-refractivity contribution < 1.29 is 29.1 Å². The van der Waals surface area contributed by atoms with Crippen LogP contribution in [0.5, 0.6) is 0 Å². The van der Waals surface area contributed by atoms with E-state index < -0.39 is 65.7 Å². The quantitative estimate of drug-likeness (QED) is 0.0660. The Bertz CT molecular complexity index is 1800. The number of H-pyrrole nitrogens is 2. The Hall–Kier alpha value is -6.01. The fraction of sp³-hybridized carbons (Fsp3) is 0.400. The summed E-state index contributed by atoms with van der Waals surface area (Å²) < 4.78 is 0. The van der Waals surface area contributed by atoms with Gasteiger partial charge in [-0.3, -0.25) is 24.0 Å². The number of carbonyl (C=O) groups excluding carboxylic acids is 5. The first-order valence-corrected chi connectivity index (χ1v) is 17.1. The molecule has 5 amide bonds. The van der Waals surface area contributed by atoms with Crippen LogP contribution in [0.15, 0.2) is 67.1 Å². The third-order valence-corrected chi connectivity index (χ3v) is 8.16. The number of tetrazole rings is 1. The van der Waals surface area contributed by atoms with Gasteiger partial charge in [-0.25, -0.2) is 4.98 Å². The van der Waals surface area contributed by atoms with Crippen LogP contribution in [-0.2, 0) is 25.6 Å². The zero-order chi connectivity index (χ0) is 38.5. The number of aromatic nitrogens is 6. The second-order valence-corrected chi connectivity index (χ2v) is 13.3. The number of aliphatic hydroxyl groups excluding tert-OH is 1. The summed E-state index contributed by atoms with van der Waals surface area (Å²) in [7, 11) is 0. The van der Waals surface area contributed by atoms with Crippen LogP contribution in [0, 0.1) is 11.8 Å². The van der Waals surface area contributed by atoms with Crippen molar-refractivity contribution in [3.63, 3.8) is 0 Å². The highest BCUT2D eigenvalue weighted by Crippen LogP contribution is 2.19. The SMILES string of the molecule is CC(C)C[C@H](NC(=O)[C@@H](NC(=O)[C@@H](N)CNC(=O)c1cnc[nH]1)C(C)C)C(=O)N[C@@H](Cc1ccccc1)[C@@H](O)C(=O)Nc1cccc(-c2nn[nH]n2)c1. The lowest BCUT2D eigenvalue weighted by molar-refractivity contribution is -0.134. The largest absolute Gasteiger partial charge is 0.381 e. The fourth-order valence-corrected chi connectivity index (χ4v) is 5.34. The van der Waals surface area contributed by atoms with Crippen molar-refractivity contribution in [1.29, 1.82) is 0 Å². The monoisotopic (exact) mass is 730 g/mol. The smallest absolute Gasteiger partial charge is 0.269 e. The summed E-state index contributed by atoms with van der Waals surface area (Å²) >= 11 is 0. The van der Waals surface area contributed by atoms with E-state index in [-0.39, 0.29) is 31.0 Å². The van der Waals surface area contributed by atoms with E-state index in [4.69, 9.17) is 5.73 Å². The molecular weight excluding hydrogens is 684 g/mol. The fourth-order valence-electron chi connectivity index (χ4n) is 5.34. The number of anilines is 1. The number of hydrogen-bond donors (Lipinski definition) is 9. The highest BCUT2D eigenvalue weighted by Gasteiger charge is 2.34. The predicted molar refractivity (Wildman–Crippen MR) is 193 cm³/mol. The standard InChI is InChI=1S/C35H46N12O6/c1-19(2)13-26(42-34(52)28(20(3)4)43-31(49)24(36)16-38-32(50)27-17-37-18-39-27)33(51)41-25(14-21-9-6-5-7-10-21)29(48)35(53)40-23-12-8-11-22(15-23)30-44-46-47-45-30/h5-12,15,17-20,24-26,28-29,48H,13-14,16,36H2,1-4H3,(H,37,39)(H,38,50)(H,40,53)(H,41,51)(H,42,52)(H,43,49)(H,44,45,46,47)/t24-,25-,26-,28-,29+/m0/s1. The number of carbonyl (C=O) groups is 5. The van der Waals surface area contributed by atoms with Gasteiger partial charge < -0.3 is 42.4 Å². The Balaban J connectivity index is 1.45. The minimum Gasteiger partial charge on any atom is -0.381 e. The molecule has 0 saturated carbocycles. The van der Waals surface area contributed by atoms with Gasteiger partial charge in [0.1, 0.15) is 23.8 Å². The summed E-state index contributed by atoms with van der Waals surface area (Å²) in [5.41, 5.74) is 7.88. The number of hydrogen-bond acceptors (Lipinski definition) is 11. The third kappa shape index (κ3) is 11.8. The lowest BCUT2D eigenvalue weighted by atomic mass is 9.97. The normalized spacial score (nSPS) is 14.0. The van der Waals surface area contributed by atoms with Crippen molar-refractivity contribution in [2.75, 3.05) is 11.9 Å². The molecule has 2 aromatic carbocycles. The second kappa shape index (κ2) is 19.0. The van der Waals surface area contributed by atoms with Crippen LogP contribution >= 0.6 is 0 Å². The molecule has 0 aliphatic heterocycles. The van der Waals surface area contributed by atoms with Crippen LogP contribution in [0.2, 0.25) is 0 Å². The second-order valence-electron chi connectivity index (χ2n) is 13.3. The van der Waals surface area contributed by atoms with Gasteiger partial charge in [0.15, 0.2) is 6.10 Å². The molecule has 0 unspecified atom stereocenters. The van der Waals surface area contributed by atoms with Crippen molar-refractivity contribution in [1.82, 2.24) is 51.9 Å². The van der Waals surface area contributed by atoms with Crippen LogP contribution in [0.3, 0.4) is 0 Å². The van der Waals surface area contributed by atoms with Gasteiger partial charge in [-0.05, 0) is 47.6 Å². The molecule has 0 bridgehead atoms. The average Bonchev–Trinajstić information content (AvgIpc) is 3.88. The van der Waals surface area contributed by atoms with Crippen molar-refractivity contribution in [2.24, 2.45) is 17.6 Å². The van der Waals surface area contributed by atoms with Gasteiger partial charge in [0.05, 0.1) is 18.6 Å². The average molecular weight is 731 g/mol. The molecule has 10 N–H and O–H groups in total. The molecule has 2 heterocycles. The minimum atomic E-state index is -1.71. The van der Waals surface area contributed by atoms with Crippen LogP contribution in [0.1, 0.15) is 50.2 Å². The minimum absolute atomic E-state index is 0.0580. The molecule has 5 atom stereocenters. The van der Waals surface area contributed by atoms with E-state index in [9.17, 15) is 29.1 Å². The van der Waals surface area contributed by atoms with E-state index in [1.54, 1.807) is 62.4 Å². The highest BCUT2D eigenvalue weighted by molar-refractivity contribution is 5.97. The van der Waals surface area contributed by atoms with E-state index in [0.29, 0.717) is 17.1 Å². The van der Waals surface area contributed by atoms with Crippen LogP contribution in [0.25, 0.3) is 11.4 Å². The Labute approximate surface area is 305 Å². The molecule has 0 fully saturated rings. The molecule has 0 aliphatic carbocycles. The van der Waals surface area contributed by atoms with Gasteiger partial charge >= 0.3 is 0 Å². The zero-order valence-corrected chi connectivity index (χ0v) is 29.9. The number of nitrogens with two attached hydrogens (primary N) is 1. The summed E-state index contributed by atoms with van der Waals surface area (Å²) in [5, 5.41) is 38.5. The molecule has 18 nitrogen and oxygen atoms in total. The number of imidazole rings is 1. The van der Waals surface area contributed by atoms with Gasteiger partial charge in [0, 0.05) is 17.8 Å². The molecule has 18 heteroatoms. The first-order chi connectivity index (χ1) is 25.3. The molecule has 53 heavy (non-hydrogen) atoms. The maximum Gasteiger partial charge on any atom is 0.269 e. The molecule has 2 aromatic heterocycles. The van der Waals surface area contributed by atoms with Gasteiger partial charge in [0.2, 0.25) is 23.5 Å². The summed E-state index contributed by atoms with van der Waals surface area (Å²) in [5.74, 6) is -3.40. The summed E-state index contributed by atoms with van der Waals surface area (Å²) in [4.78, 5) is 72.6. The number of nitrogens with zero attached hydrogens (tertiary/aromatic N) is 4. The number of aliphatic hydroxyl groups is 1. The maximum atomic E-state index is 13.9. The zero-order valence-electron chi connectivity index (χ0n) is 29.9.